The molecule has 0 radical (unpaired) electrons. The fraction of sp³-hybridized carbons (Fsp3) is 0.0909. The Morgan fingerprint density at radius 2 is 1.19 bits per heavy atom. The lowest BCUT2D eigenvalue weighted by molar-refractivity contribution is -0.140. The Morgan fingerprint density at radius 3 is 1.57 bits per heavy atom. The summed E-state index contributed by atoms with van der Waals surface area (Å²) in [5, 5.41) is 0. The lowest BCUT2D eigenvalue weighted by Gasteiger charge is -2.15. The highest BCUT2D eigenvalue weighted by atomic mass is 35.5. The summed E-state index contributed by atoms with van der Waals surface area (Å²) in [5.74, 6) is -5.39. The summed E-state index contributed by atoms with van der Waals surface area (Å²) >= 11 is 6.91. The molecule has 0 atom stereocenters. The minimum Gasteiger partial charge on any atom is -0.437 e. The van der Waals surface area contributed by atoms with Gasteiger partial charge in [-0.3, -0.25) is 0 Å². The van der Waals surface area contributed by atoms with Gasteiger partial charge >= 0.3 is 12.4 Å². The van der Waals surface area contributed by atoms with Crippen LogP contribution in [-0.4, -0.2) is 9.97 Å². The Labute approximate surface area is 211 Å². The fourth-order valence-electron chi connectivity index (χ4n) is 2.92. The molecule has 4 aromatic rings. The van der Waals surface area contributed by atoms with Gasteiger partial charge in [0.15, 0.2) is 11.5 Å². The zero-order valence-corrected chi connectivity index (χ0v) is 19.3. The van der Waals surface area contributed by atoms with Crippen molar-refractivity contribution < 1.29 is 44.6 Å². The molecule has 0 bridgehead atoms. The van der Waals surface area contributed by atoms with Crippen LogP contribution in [0, 0.1) is 11.6 Å². The van der Waals surface area contributed by atoms with Crippen molar-refractivity contribution in [3.05, 3.63) is 75.6 Å². The third kappa shape index (κ3) is 5.85. The van der Waals surface area contributed by atoms with Crippen molar-refractivity contribution in [1.82, 2.24) is 9.97 Å². The molecule has 0 spiro atoms. The van der Waals surface area contributed by atoms with E-state index >= 15 is 0 Å². The van der Waals surface area contributed by atoms with Gasteiger partial charge < -0.3 is 15.2 Å². The summed E-state index contributed by atoms with van der Waals surface area (Å²) in [6.45, 7) is 0. The summed E-state index contributed by atoms with van der Waals surface area (Å²) < 4.78 is 117. The van der Waals surface area contributed by atoms with Crippen molar-refractivity contribution in [2.75, 3.05) is 5.73 Å². The number of nitrogens with zero attached hydrogens (tertiary/aromatic N) is 2. The van der Waals surface area contributed by atoms with Crippen molar-refractivity contribution in [2.24, 2.45) is 0 Å². The number of alkyl halides is 6. The molecule has 0 aliphatic carbocycles. The molecular weight excluding hydrogens is 558 g/mol. The molecule has 2 heterocycles. The van der Waals surface area contributed by atoms with Crippen LogP contribution in [-0.2, 0) is 12.4 Å². The molecule has 37 heavy (non-hydrogen) atoms. The number of anilines is 1. The van der Waals surface area contributed by atoms with Gasteiger partial charge in [0, 0.05) is 0 Å². The fourth-order valence-corrected chi connectivity index (χ4v) is 3.90. The maximum absolute atomic E-state index is 13.7. The molecule has 0 amide bonds. The van der Waals surface area contributed by atoms with Gasteiger partial charge in [0.25, 0.3) is 11.8 Å². The predicted octanol–water partition coefficient (Wildman–Crippen LogP) is 8.34. The lowest BCUT2D eigenvalue weighted by atomic mass is 10.2. The number of nitrogen functional groups attached to an aromatic ring is 1. The van der Waals surface area contributed by atoms with Crippen molar-refractivity contribution >= 4 is 28.6 Å². The van der Waals surface area contributed by atoms with Crippen LogP contribution in [0.2, 0.25) is 4.34 Å². The first-order chi connectivity index (χ1) is 17.2. The second kappa shape index (κ2) is 9.67. The van der Waals surface area contributed by atoms with E-state index in [1.165, 1.54) is 12.1 Å². The van der Waals surface area contributed by atoms with Crippen molar-refractivity contribution in [1.29, 1.82) is 0 Å². The number of nitrogens with two attached hydrogens (primary N) is 1. The van der Waals surface area contributed by atoms with Crippen LogP contribution in [0.3, 0.4) is 0 Å². The molecular formula is C22H10ClF8N3O2S. The Bertz CT molecular complexity index is 1390. The van der Waals surface area contributed by atoms with Crippen LogP contribution in [0.15, 0.2) is 48.5 Å². The standard InChI is InChI=1S/C22H10ClF8N3O2S/c23-16-6-5-15(37-16)18-33-19(35-9-1-3-13(24)11(7-9)21(26,27)28)17(32)20(34-18)36-10-2-4-14(25)12(8-10)22(29,30)31/h1-8H,32H2. The quantitative estimate of drug-likeness (QED) is 0.245. The van der Waals surface area contributed by atoms with Gasteiger partial charge in [-0.25, -0.2) is 8.78 Å². The summed E-state index contributed by atoms with van der Waals surface area (Å²) in [5.41, 5.74) is 2.18. The lowest BCUT2D eigenvalue weighted by Crippen LogP contribution is -2.09. The van der Waals surface area contributed by atoms with Gasteiger partial charge in [-0.1, -0.05) is 11.6 Å². The molecule has 5 nitrogen and oxygen atoms in total. The number of hydrogen-bond acceptors (Lipinski definition) is 6. The van der Waals surface area contributed by atoms with Crippen LogP contribution >= 0.6 is 22.9 Å². The monoisotopic (exact) mass is 567 g/mol. The first-order valence-electron chi connectivity index (χ1n) is 9.75. The average Bonchev–Trinajstić information content (AvgIpc) is 3.23. The minimum atomic E-state index is -5.04. The second-order valence-corrected chi connectivity index (χ2v) is 8.87. The molecule has 0 saturated carbocycles. The van der Waals surface area contributed by atoms with E-state index in [0.717, 1.165) is 23.5 Å². The maximum atomic E-state index is 13.7. The number of rotatable bonds is 5. The highest BCUT2D eigenvalue weighted by Crippen LogP contribution is 2.41. The van der Waals surface area contributed by atoms with E-state index in [9.17, 15) is 35.1 Å². The molecule has 0 unspecified atom stereocenters. The summed E-state index contributed by atoms with van der Waals surface area (Å²) in [4.78, 5) is 8.38. The van der Waals surface area contributed by atoms with Gasteiger partial charge in [0.2, 0.25) is 0 Å². The van der Waals surface area contributed by atoms with Crippen LogP contribution in [0.5, 0.6) is 23.3 Å². The number of thiophene rings is 1. The van der Waals surface area contributed by atoms with Crippen molar-refractivity contribution in [2.45, 2.75) is 12.4 Å². The molecule has 2 N–H and O–H groups in total. The van der Waals surface area contributed by atoms with Crippen molar-refractivity contribution in [3.63, 3.8) is 0 Å². The largest absolute Gasteiger partial charge is 0.437 e. The van der Waals surface area contributed by atoms with Gasteiger partial charge in [-0.2, -0.15) is 36.3 Å². The molecule has 2 aromatic carbocycles. The van der Waals surface area contributed by atoms with Crippen LogP contribution < -0.4 is 15.2 Å². The van der Waals surface area contributed by atoms with E-state index in [1.54, 1.807) is 0 Å². The Hall–Kier alpha value is -3.65. The third-order valence-corrected chi connectivity index (χ3v) is 5.81. The predicted molar refractivity (Wildman–Crippen MR) is 118 cm³/mol. The highest BCUT2D eigenvalue weighted by molar-refractivity contribution is 7.19. The van der Waals surface area contributed by atoms with Crippen LogP contribution in [0.1, 0.15) is 11.1 Å². The smallest absolute Gasteiger partial charge is 0.419 e. The van der Waals surface area contributed by atoms with E-state index in [-0.39, 0.29) is 5.82 Å². The summed E-state index contributed by atoms with van der Waals surface area (Å²) in [6, 6.07) is 6.49. The Morgan fingerprint density at radius 1 is 0.730 bits per heavy atom. The van der Waals surface area contributed by atoms with E-state index < -0.39 is 64.1 Å². The number of benzene rings is 2. The molecule has 194 valence electrons. The molecule has 15 heteroatoms. The Kier molecular flexibility index (Phi) is 6.90. The van der Waals surface area contributed by atoms with Crippen molar-refractivity contribution in [3.8, 4) is 34.0 Å². The zero-order chi connectivity index (χ0) is 27.1. The Balaban J connectivity index is 1.79. The summed E-state index contributed by atoms with van der Waals surface area (Å²) in [6.07, 6.45) is -10.1. The average molecular weight is 568 g/mol. The van der Waals surface area contributed by atoms with Gasteiger partial charge in [-0.15, -0.1) is 11.3 Å². The molecule has 2 aromatic heterocycles. The molecule has 0 aliphatic rings. The van der Waals surface area contributed by atoms with Gasteiger partial charge in [0.05, 0.1) is 20.3 Å². The summed E-state index contributed by atoms with van der Waals surface area (Å²) in [7, 11) is 0. The van der Waals surface area contributed by atoms with Crippen LogP contribution in [0.25, 0.3) is 10.7 Å². The van der Waals surface area contributed by atoms with E-state index in [2.05, 4.69) is 9.97 Å². The minimum absolute atomic E-state index is 0.160. The first kappa shape index (κ1) is 26.4. The van der Waals surface area contributed by atoms with E-state index in [4.69, 9.17) is 26.8 Å². The van der Waals surface area contributed by atoms with Gasteiger partial charge in [-0.05, 0) is 48.5 Å². The SMILES string of the molecule is Nc1c(Oc2ccc(F)c(C(F)(F)F)c2)nc(-c2ccc(Cl)s2)nc1Oc1ccc(F)c(C(F)(F)F)c1. The second-order valence-electron chi connectivity index (χ2n) is 7.16. The first-order valence-corrected chi connectivity index (χ1v) is 10.9. The number of aromatic nitrogens is 2. The molecule has 4 rings (SSSR count). The molecule has 0 aliphatic heterocycles. The van der Waals surface area contributed by atoms with E-state index in [1.807, 2.05) is 0 Å². The number of hydrogen-bond donors (Lipinski definition) is 1. The normalized spacial score (nSPS) is 12.0. The topological polar surface area (TPSA) is 70.3 Å². The van der Waals surface area contributed by atoms with Gasteiger partial charge in [0.1, 0.15) is 23.1 Å². The maximum Gasteiger partial charge on any atom is 0.419 e. The molecule has 0 saturated heterocycles. The number of ether oxygens (including phenoxy) is 2. The highest BCUT2D eigenvalue weighted by Gasteiger charge is 2.35. The van der Waals surface area contributed by atoms with Crippen LogP contribution in [0.4, 0.5) is 40.8 Å². The number of halogens is 9. The zero-order valence-electron chi connectivity index (χ0n) is 17.7. The third-order valence-electron chi connectivity index (χ3n) is 4.58. The molecule has 0 fully saturated rings. The van der Waals surface area contributed by atoms with E-state index in [0.29, 0.717) is 33.5 Å².